The number of pyridine rings is 1. The molecule has 12 heteroatoms. The quantitative estimate of drug-likeness (QED) is 0.143. The van der Waals surface area contributed by atoms with Gasteiger partial charge in [-0.1, -0.05) is 31.0 Å². The minimum absolute atomic E-state index is 0.0179. The molecule has 0 radical (unpaired) electrons. The molecule has 2 heterocycles. The van der Waals surface area contributed by atoms with Crippen molar-refractivity contribution in [2.75, 3.05) is 29.0 Å². The van der Waals surface area contributed by atoms with Crippen LogP contribution in [0.25, 0.3) is 22.3 Å². The Morgan fingerprint density at radius 1 is 1.24 bits per heavy atom. The Hall–Kier alpha value is -3.74. The molecule has 0 fully saturated rings. The van der Waals surface area contributed by atoms with Crippen LogP contribution in [0.3, 0.4) is 0 Å². The molecule has 1 unspecified atom stereocenters. The Kier molecular flexibility index (Phi) is 8.54. The van der Waals surface area contributed by atoms with E-state index in [0.29, 0.717) is 28.0 Å². The molecule has 4 rings (SSSR count). The van der Waals surface area contributed by atoms with Crippen LogP contribution in [0.1, 0.15) is 23.7 Å². The number of hydrogen-bond donors (Lipinski definition) is 5. The number of aromatic nitrogens is 3. The highest BCUT2D eigenvalue weighted by Crippen LogP contribution is 2.30. The first-order chi connectivity index (χ1) is 17.9. The van der Waals surface area contributed by atoms with Gasteiger partial charge >= 0.3 is 0 Å². The third-order valence-corrected chi connectivity index (χ3v) is 6.23. The second-order valence-electron chi connectivity index (χ2n) is 8.06. The summed E-state index contributed by atoms with van der Waals surface area (Å²) in [5, 5.41) is 28.6. The topological polar surface area (TPSA) is 132 Å². The van der Waals surface area contributed by atoms with Gasteiger partial charge in [0, 0.05) is 16.7 Å². The Morgan fingerprint density at radius 2 is 2.08 bits per heavy atom. The molecule has 0 spiro atoms. The number of nitrogens with one attached hydrogen (secondary N) is 3. The number of hydrogen-bond acceptors (Lipinski definition) is 8. The third-order valence-electron chi connectivity index (χ3n) is 5.25. The molecule has 2 aromatic heterocycles. The number of nitrogens with zero attached hydrogens (tertiary/aromatic N) is 2. The molecule has 2 aromatic carbocycles. The van der Waals surface area contributed by atoms with Crippen LogP contribution < -0.4 is 14.8 Å². The van der Waals surface area contributed by atoms with Crippen LogP contribution in [0.15, 0.2) is 48.7 Å². The molecule has 0 aliphatic carbocycles. The third kappa shape index (κ3) is 6.16. The van der Waals surface area contributed by atoms with E-state index >= 15 is 0 Å². The number of rotatable bonds is 11. The van der Waals surface area contributed by atoms with Gasteiger partial charge in [0.1, 0.15) is 29.8 Å². The molecular formula is C25H25F2N5O4S. The molecular weight excluding hydrogens is 504 g/mol. The zero-order valence-electron chi connectivity index (χ0n) is 19.8. The van der Waals surface area contributed by atoms with Gasteiger partial charge in [0.15, 0.2) is 11.5 Å². The largest absolute Gasteiger partial charge is 0.491 e. The second kappa shape index (κ2) is 12.0. The van der Waals surface area contributed by atoms with Gasteiger partial charge in [-0.2, -0.15) is 5.10 Å². The maximum absolute atomic E-state index is 14.9. The number of carbonyl (C=O) groups excluding carboxylic acids is 1. The molecule has 9 nitrogen and oxygen atoms in total. The molecule has 0 bridgehead atoms. The van der Waals surface area contributed by atoms with E-state index in [2.05, 4.69) is 25.2 Å². The van der Waals surface area contributed by atoms with Gasteiger partial charge in [-0.25, -0.2) is 13.8 Å². The summed E-state index contributed by atoms with van der Waals surface area (Å²) in [7, 11) is 0. The van der Waals surface area contributed by atoms with E-state index in [-0.39, 0.29) is 18.0 Å². The number of H-pyrrole nitrogens is 1. The van der Waals surface area contributed by atoms with E-state index in [0.717, 1.165) is 18.2 Å². The van der Waals surface area contributed by atoms with Gasteiger partial charge in [-0.05, 0) is 36.8 Å². The summed E-state index contributed by atoms with van der Waals surface area (Å²) in [6.07, 6.45) is 1.20. The fourth-order valence-corrected chi connectivity index (χ4v) is 4.06. The van der Waals surface area contributed by atoms with Gasteiger partial charge in [0.25, 0.3) is 5.91 Å². The Morgan fingerprint density at radius 3 is 2.86 bits per heavy atom. The maximum Gasteiger partial charge on any atom is 0.261 e. The minimum atomic E-state index is -1.01. The van der Waals surface area contributed by atoms with Crippen molar-refractivity contribution < 1.29 is 28.5 Å². The number of fused-ring (bicyclic) bond motifs is 1. The van der Waals surface area contributed by atoms with Crippen molar-refractivity contribution in [3.63, 3.8) is 0 Å². The van der Waals surface area contributed by atoms with Crippen molar-refractivity contribution >= 4 is 40.3 Å². The van der Waals surface area contributed by atoms with Crippen LogP contribution in [0, 0.1) is 11.6 Å². The smallest absolute Gasteiger partial charge is 0.261 e. The van der Waals surface area contributed by atoms with Gasteiger partial charge in [-0.3, -0.25) is 9.89 Å². The molecule has 4 aromatic rings. The van der Waals surface area contributed by atoms with E-state index in [1.54, 1.807) is 30.3 Å². The Balaban J connectivity index is 1.58. The van der Waals surface area contributed by atoms with Crippen LogP contribution in [-0.2, 0) is 0 Å². The van der Waals surface area contributed by atoms with Crippen molar-refractivity contribution in [3.8, 4) is 17.0 Å². The summed E-state index contributed by atoms with van der Waals surface area (Å²) in [4.78, 5) is 17.1. The highest BCUT2D eigenvalue weighted by atomic mass is 32.2. The number of anilines is 2. The summed E-state index contributed by atoms with van der Waals surface area (Å²) in [5.74, 6) is -1.74. The molecule has 1 amide bonds. The number of aliphatic hydroxyl groups is 2. The highest BCUT2D eigenvalue weighted by Gasteiger charge is 2.21. The van der Waals surface area contributed by atoms with E-state index < -0.39 is 35.8 Å². The first-order valence-corrected chi connectivity index (χ1v) is 12.4. The second-order valence-corrected chi connectivity index (χ2v) is 8.96. The molecule has 5 N–H and O–H groups in total. The van der Waals surface area contributed by atoms with Crippen molar-refractivity contribution in [1.29, 1.82) is 0 Å². The monoisotopic (exact) mass is 529 g/mol. The molecule has 37 heavy (non-hydrogen) atoms. The van der Waals surface area contributed by atoms with Crippen LogP contribution in [-0.4, -0.2) is 56.4 Å². The summed E-state index contributed by atoms with van der Waals surface area (Å²) in [5.41, 5.74) is 1.16. The molecule has 1 atom stereocenters. The SMILES string of the molecule is CCCSNc1ccc(F)c(C(=O)Nc2cnc3n[nH]c(-c4cccc(OCC(O)CO)c4)c3c2)c1F. The lowest BCUT2D eigenvalue weighted by molar-refractivity contribution is 0.0536. The van der Waals surface area contributed by atoms with Crippen molar-refractivity contribution in [1.82, 2.24) is 15.2 Å². The molecule has 0 aliphatic heterocycles. The van der Waals surface area contributed by atoms with Crippen molar-refractivity contribution in [3.05, 3.63) is 65.9 Å². The van der Waals surface area contributed by atoms with E-state index in [1.165, 1.54) is 24.2 Å². The highest BCUT2D eigenvalue weighted by molar-refractivity contribution is 8.00. The number of aromatic amines is 1. The lowest BCUT2D eigenvalue weighted by Gasteiger charge is -2.12. The molecule has 0 saturated carbocycles. The first kappa shape index (κ1) is 26.3. The average molecular weight is 530 g/mol. The average Bonchev–Trinajstić information content (AvgIpc) is 3.32. The summed E-state index contributed by atoms with van der Waals surface area (Å²) in [6.45, 7) is 1.47. The van der Waals surface area contributed by atoms with Crippen molar-refractivity contribution in [2.24, 2.45) is 0 Å². The fraction of sp³-hybridized carbons (Fsp3) is 0.240. The minimum Gasteiger partial charge on any atom is -0.491 e. The zero-order valence-corrected chi connectivity index (χ0v) is 20.6. The molecule has 0 saturated heterocycles. The number of ether oxygens (including phenoxy) is 1. The van der Waals surface area contributed by atoms with Crippen LogP contribution in [0.5, 0.6) is 5.75 Å². The summed E-state index contributed by atoms with van der Waals surface area (Å²) in [6, 6.07) is 10.8. The number of amides is 1. The lowest BCUT2D eigenvalue weighted by atomic mass is 10.1. The van der Waals surface area contributed by atoms with E-state index in [9.17, 15) is 18.7 Å². The van der Waals surface area contributed by atoms with Gasteiger partial charge in [-0.15, -0.1) is 0 Å². The zero-order chi connectivity index (χ0) is 26.4. The Labute approximate surface area is 215 Å². The van der Waals surface area contributed by atoms with Crippen LogP contribution in [0.2, 0.25) is 0 Å². The normalized spacial score (nSPS) is 11.9. The summed E-state index contributed by atoms with van der Waals surface area (Å²) >= 11 is 1.26. The van der Waals surface area contributed by atoms with Gasteiger partial charge in [0.2, 0.25) is 0 Å². The number of aliphatic hydroxyl groups excluding tert-OH is 2. The van der Waals surface area contributed by atoms with Crippen molar-refractivity contribution in [2.45, 2.75) is 19.4 Å². The first-order valence-electron chi connectivity index (χ1n) is 11.4. The van der Waals surface area contributed by atoms with E-state index in [1.807, 2.05) is 6.92 Å². The summed E-state index contributed by atoms with van der Waals surface area (Å²) < 4.78 is 37.7. The molecule has 194 valence electrons. The maximum atomic E-state index is 14.9. The van der Waals surface area contributed by atoms with Gasteiger partial charge < -0.3 is 25.0 Å². The number of benzene rings is 2. The standard InChI is InChI=1S/C25H25F2N5O4S/c1-2-8-37-32-20-7-6-19(26)21(22(20)27)25(35)29-15-10-18-23(30-31-24(18)28-11-15)14-4-3-5-17(9-14)36-13-16(34)12-33/h3-7,9-11,16,32-34H,2,8,12-13H2,1H3,(H,29,35)(H,28,30,31). The van der Waals surface area contributed by atoms with Crippen LogP contribution >= 0.6 is 11.9 Å². The van der Waals surface area contributed by atoms with Gasteiger partial charge in [0.05, 0.1) is 29.9 Å². The Bertz CT molecular complexity index is 1400. The predicted molar refractivity (Wildman–Crippen MR) is 139 cm³/mol. The fourth-order valence-electron chi connectivity index (χ4n) is 3.44. The lowest BCUT2D eigenvalue weighted by Crippen LogP contribution is -2.21. The molecule has 0 aliphatic rings. The van der Waals surface area contributed by atoms with E-state index in [4.69, 9.17) is 9.84 Å². The number of halogens is 2. The van der Waals surface area contributed by atoms with Crippen LogP contribution in [0.4, 0.5) is 20.2 Å². The number of carbonyl (C=O) groups is 1. The predicted octanol–water partition coefficient (Wildman–Crippen LogP) is 4.36.